The maximum absolute atomic E-state index is 12.7. The highest BCUT2D eigenvalue weighted by molar-refractivity contribution is 5.93. The lowest BCUT2D eigenvalue weighted by molar-refractivity contribution is 0.0839. The highest BCUT2D eigenvalue weighted by Gasteiger charge is 2.25. The van der Waals surface area contributed by atoms with Gasteiger partial charge in [0.2, 0.25) is 0 Å². The summed E-state index contributed by atoms with van der Waals surface area (Å²) in [4.78, 5) is 31.4. The van der Waals surface area contributed by atoms with E-state index in [2.05, 4.69) is 42.4 Å². The monoisotopic (exact) mass is 468 g/mol. The van der Waals surface area contributed by atoms with E-state index in [0.717, 1.165) is 31.6 Å². The van der Waals surface area contributed by atoms with Gasteiger partial charge in [0.1, 0.15) is 23.3 Å². The van der Waals surface area contributed by atoms with Crippen LogP contribution in [0.1, 0.15) is 48.7 Å². The third kappa shape index (κ3) is 5.45. The van der Waals surface area contributed by atoms with Crippen molar-refractivity contribution in [1.29, 1.82) is 0 Å². The fourth-order valence-corrected chi connectivity index (χ4v) is 4.27. The van der Waals surface area contributed by atoms with Crippen LogP contribution in [-0.4, -0.2) is 76.5 Å². The largest absolute Gasteiger partial charge is 0.458 e. The molecule has 0 aromatic carbocycles. The van der Waals surface area contributed by atoms with Gasteiger partial charge < -0.3 is 29.8 Å². The molecular formula is C24H32N6O4. The number of pyridine rings is 1. The number of carbonyl (C=O) groups is 1. The van der Waals surface area contributed by atoms with Crippen molar-refractivity contribution in [3.8, 4) is 6.01 Å². The van der Waals surface area contributed by atoms with Crippen molar-refractivity contribution in [2.24, 2.45) is 0 Å². The van der Waals surface area contributed by atoms with Gasteiger partial charge in [-0.25, -0.2) is 4.98 Å². The molecule has 3 aromatic heterocycles. The summed E-state index contributed by atoms with van der Waals surface area (Å²) in [6.07, 6.45) is 5.49. The minimum absolute atomic E-state index is 0.133. The Morgan fingerprint density at radius 3 is 2.85 bits per heavy atom. The summed E-state index contributed by atoms with van der Waals surface area (Å²) < 4.78 is 11.0. The summed E-state index contributed by atoms with van der Waals surface area (Å²) in [7, 11) is 1.60. The quantitative estimate of drug-likeness (QED) is 0.437. The minimum atomic E-state index is -0.385. The number of aromatic nitrogens is 4. The number of hydrogen-bond donors (Lipinski definition) is 3. The Labute approximate surface area is 198 Å². The summed E-state index contributed by atoms with van der Waals surface area (Å²) in [6, 6.07) is 5.50. The minimum Gasteiger partial charge on any atom is -0.458 e. The lowest BCUT2D eigenvalue weighted by Crippen LogP contribution is -2.37. The molecular weight excluding hydrogens is 436 g/mol. The fraction of sp³-hybridized carbons (Fsp3) is 0.500. The molecule has 0 unspecified atom stereocenters. The molecule has 0 radical (unpaired) electrons. The summed E-state index contributed by atoms with van der Waals surface area (Å²) in [5.41, 5.74) is 2.41. The second-order valence-electron chi connectivity index (χ2n) is 8.74. The van der Waals surface area contributed by atoms with E-state index in [9.17, 15) is 9.90 Å². The van der Waals surface area contributed by atoms with Crippen LogP contribution in [0.4, 0.5) is 5.82 Å². The van der Waals surface area contributed by atoms with Crippen molar-refractivity contribution in [3.05, 3.63) is 41.9 Å². The molecule has 1 aliphatic heterocycles. The Kier molecular flexibility index (Phi) is 7.59. The van der Waals surface area contributed by atoms with Gasteiger partial charge in [-0.2, -0.15) is 9.97 Å². The molecule has 2 atom stereocenters. The molecule has 4 rings (SSSR count). The van der Waals surface area contributed by atoms with E-state index in [0.29, 0.717) is 18.3 Å². The molecule has 0 spiro atoms. The van der Waals surface area contributed by atoms with E-state index in [-0.39, 0.29) is 36.4 Å². The Morgan fingerprint density at radius 1 is 1.32 bits per heavy atom. The molecule has 34 heavy (non-hydrogen) atoms. The van der Waals surface area contributed by atoms with E-state index >= 15 is 0 Å². The van der Waals surface area contributed by atoms with E-state index in [1.807, 2.05) is 13.0 Å². The first kappa shape index (κ1) is 23.9. The smallest absolute Gasteiger partial charge is 0.319 e. The summed E-state index contributed by atoms with van der Waals surface area (Å²) in [5.74, 6) is 0.688. The van der Waals surface area contributed by atoms with Crippen LogP contribution >= 0.6 is 0 Å². The predicted molar refractivity (Wildman–Crippen MR) is 128 cm³/mol. The van der Waals surface area contributed by atoms with Crippen molar-refractivity contribution in [3.63, 3.8) is 0 Å². The molecule has 1 amide bonds. The van der Waals surface area contributed by atoms with E-state index in [1.165, 1.54) is 10.9 Å². The number of carbonyl (C=O) groups excluding carboxylic acids is 1. The Balaban J connectivity index is 1.52. The number of nitrogens with zero attached hydrogens (tertiary/aromatic N) is 4. The number of ether oxygens (including phenoxy) is 2. The van der Waals surface area contributed by atoms with Crippen molar-refractivity contribution < 1.29 is 19.4 Å². The van der Waals surface area contributed by atoms with E-state index in [4.69, 9.17) is 9.47 Å². The van der Waals surface area contributed by atoms with Crippen molar-refractivity contribution >= 4 is 22.8 Å². The third-order valence-electron chi connectivity index (χ3n) is 6.03. The Morgan fingerprint density at radius 2 is 2.12 bits per heavy atom. The average molecular weight is 469 g/mol. The number of methoxy groups -OCH3 is 1. The molecule has 3 N–H and O–H groups in total. The van der Waals surface area contributed by atoms with Crippen LogP contribution in [0, 0.1) is 0 Å². The molecule has 10 heteroatoms. The average Bonchev–Trinajstić information content (AvgIpc) is 3.28. The highest BCUT2D eigenvalue weighted by Crippen LogP contribution is 2.34. The molecule has 1 aliphatic rings. The molecule has 3 aromatic rings. The SMILES string of the molecule is COC[C@@H](C)Oc1nc(C(=O)N[C@@H](C)CO)cc(N2CCC(c3c[nH]c4ncccc34)CC2)n1. The normalized spacial score (nSPS) is 16.4. The van der Waals surface area contributed by atoms with Crippen LogP contribution in [0.2, 0.25) is 0 Å². The molecule has 4 heterocycles. The number of aliphatic hydroxyl groups excluding tert-OH is 1. The fourth-order valence-electron chi connectivity index (χ4n) is 4.27. The van der Waals surface area contributed by atoms with Gasteiger partial charge in [0.05, 0.1) is 13.2 Å². The molecule has 10 nitrogen and oxygen atoms in total. The number of nitrogens with one attached hydrogen (secondary N) is 2. The summed E-state index contributed by atoms with van der Waals surface area (Å²) >= 11 is 0. The van der Waals surface area contributed by atoms with Crippen LogP contribution in [0.3, 0.4) is 0 Å². The number of H-pyrrole nitrogens is 1. The summed E-state index contributed by atoms with van der Waals surface area (Å²) in [5, 5.41) is 13.2. The topological polar surface area (TPSA) is 125 Å². The molecule has 1 fully saturated rings. The number of anilines is 1. The number of amides is 1. The van der Waals surface area contributed by atoms with Gasteiger partial charge in [0.15, 0.2) is 0 Å². The van der Waals surface area contributed by atoms with Crippen LogP contribution in [0.15, 0.2) is 30.6 Å². The zero-order valence-corrected chi connectivity index (χ0v) is 19.8. The molecule has 0 saturated carbocycles. The first-order valence-electron chi connectivity index (χ1n) is 11.6. The number of hydrogen-bond acceptors (Lipinski definition) is 8. The van der Waals surface area contributed by atoms with Gasteiger partial charge in [-0.15, -0.1) is 0 Å². The second-order valence-corrected chi connectivity index (χ2v) is 8.74. The Hall–Kier alpha value is -3.24. The maximum atomic E-state index is 12.7. The Bertz CT molecular complexity index is 1110. The van der Waals surface area contributed by atoms with Gasteiger partial charge in [0, 0.05) is 50.1 Å². The highest BCUT2D eigenvalue weighted by atomic mass is 16.5. The van der Waals surface area contributed by atoms with Gasteiger partial charge in [-0.3, -0.25) is 4.79 Å². The van der Waals surface area contributed by atoms with Gasteiger partial charge in [-0.05, 0) is 50.3 Å². The number of piperidine rings is 1. The van der Waals surface area contributed by atoms with Crippen LogP contribution in [0.25, 0.3) is 11.0 Å². The zero-order chi connectivity index (χ0) is 24.1. The first-order chi connectivity index (χ1) is 16.5. The van der Waals surface area contributed by atoms with E-state index < -0.39 is 0 Å². The number of aromatic amines is 1. The number of rotatable bonds is 9. The molecule has 1 saturated heterocycles. The predicted octanol–water partition coefficient (Wildman–Crippen LogP) is 2.26. The van der Waals surface area contributed by atoms with Crippen LogP contribution in [-0.2, 0) is 4.74 Å². The van der Waals surface area contributed by atoms with Crippen LogP contribution in [0.5, 0.6) is 6.01 Å². The molecule has 0 aliphatic carbocycles. The van der Waals surface area contributed by atoms with Gasteiger partial charge in [-0.1, -0.05) is 0 Å². The number of fused-ring (bicyclic) bond motifs is 1. The summed E-state index contributed by atoms with van der Waals surface area (Å²) in [6.45, 7) is 5.37. The molecule has 0 bridgehead atoms. The standard InChI is InChI=1S/C24H32N6O4/c1-15(13-31)27-23(32)20-11-21(29-24(28-20)34-16(2)14-33-3)30-9-6-17(7-10-30)19-12-26-22-18(19)5-4-8-25-22/h4-5,8,11-12,15-17,31H,6-7,9-10,13-14H2,1-3H3,(H,25,26)(H,27,32)/t15-,16+/m0/s1. The number of aliphatic hydroxyl groups is 1. The van der Waals surface area contributed by atoms with Crippen molar-refractivity contribution in [2.45, 2.75) is 44.8 Å². The zero-order valence-electron chi connectivity index (χ0n) is 19.8. The third-order valence-corrected chi connectivity index (χ3v) is 6.03. The van der Waals surface area contributed by atoms with Crippen molar-refractivity contribution in [1.82, 2.24) is 25.3 Å². The van der Waals surface area contributed by atoms with E-state index in [1.54, 1.807) is 26.3 Å². The van der Waals surface area contributed by atoms with Gasteiger partial charge in [0.25, 0.3) is 5.91 Å². The lowest BCUT2D eigenvalue weighted by Gasteiger charge is -2.33. The van der Waals surface area contributed by atoms with Crippen molar-refractivity contribution in [2.75, 3.05) is 38.3 Å². The van der Waals surface area contributed by atoms with Crippen LogP contribution < -0.4 is 15.0 Å². The first-order valence-corrected chi connectivity index (χ1v) is 11.6. The lowest BCUT2D eigenvalue weighted by atomic mass is 9.89. The maximum Gasteiger partial charge on any atom is 0.319 e. The second kappa shape index (κ2) is 10.8. The van der Waals surface area contributed by atoms with Gasteiger partial charge >= 0.3 is 6.01 Å². The molecule has 182 valence electrons.